The Morgan fingerprint density at radius 1 is 1.15 bits per heavy atom. The smallest absolute Gasteiger partial charge is 0.313 e. The number of fused-ring (bicyclic) bond motifs is 2. The van der Waals surface area contributed by atoms with Gasteiger partial charge in [-0.25, -0.2) is 0 Å². The largest absolute Gasteiger partial charge is 0.461 e. The highest BCUT2D eigenvalue weighted by atomic mass is 16.6. The third-order valence-corrected chi connectivity index (χ3v) is 7.96. The molecule has 4 aliphatic heterocycles. The van der Waals surface area contributed by atoms with E-state index in [1.165, 1.54) is 4.90 Å². The Morgan fingerprint density at radius 2 is 1.91 bits per heavy atom. The quantitative estimate of drug-likeness (QED) is 0.459. The fourth-order valence-electron chi connectivity index (χ4n) is 6.06. The molecule has 0 bridgehead atoms. The molecule has 0 aromatic carbocycles. The van der Waals surface area contributed by atoms with Crippen LogP contribution in [0.4, 0.5) is 0 Å². The van der Waals surface area contributed by atoms with Crippen molar-refractivity contribution in [2.45, 2.75) is 70.2 Å². The van der Waals surface area contributed by atoms with E-state index in [4.69, 9.17) is 9.47 Å². The van der Waals surface area contributed by atoms with E-state index in [1.807, 2.05) is 26.0 Å². The predicted molar refractivity (Wildman–Crippen MR) is 121 cm³/mol. The van der Waals surface area contributed by atoms with Gasteiger partial charge in [-0.2, -0.15) is 0 Å². The summed E-state index contributed by atoms with van der Waals surface area (Å²) in [5, 5.41) is 10.3. The van der Waals surface area contributed by atoms with Gasteiger partial charge in [-0.05, 0) is 25.3 Å². The third-order valence-electron chi connectivity index (χ3n) is 7.96. The number of carbonyl (C=O) groups is 3. The second-order valence-electron chi connectivity index (χ2n) is 9.95. The highest BCUT2D eigenvalue weighted by molar-refractivity contribution is 5.99. The zero-order chi connectivity index (χ0) is 24.0. The second-order valence-corrected chi connectivity index (χ2v) is 9.95. The van der Waals surface area contributed by atoms with Crippen LogP contribution in [0.2, 0.25) is 0 Å². The van der Waals surface area contributed by atoms with Gasteiger partial charge in [-0.1, -0.05) is 51.8 Å². The first kappa shape index (κ1) is 24.0. The number of likely N-dealkylation sites (tertiary alicyclic amines) is 1. The van der Waals surface area contributed by atoms with Crippen molar-refractivity contribution in [2.24, 2.45) is 17.8 Å². The average molecular weight is 461 g/mol. The van der Waals surface area contributed by atoms with Gasteiger partial charge in [0.25, 0.3) is 0 Å². The van der Waals surface area contributed by atoms with E-state index in [0.717, 1.165) is 19.3 Å². The molecular weight excluding hydrogens is 424 g/mol. The lowest BCUT2D eigenvalue weighted by Crippen LogP contribution is -2.59. The first-order valence-corrected chi connectivity index (χ1v) is 12.2. The number of rotatable bonds is 7. The Labute approximate surface area is 195 Å². The van der Waals surface area contributed by atoms with Crippen molar-refractivity contribution in [3.63, 3.8) is 0 Å². The van der Waals surface area contributed by atoms with Crippen molar-refractivity contribution in [1.82, 2.24) is 9.80 Å². The molecule has 2 amide bonds. The minimum absolute atomic E-state index is 0.0358. The lowest BCUT2D eigenvalue weighted by molar-refractivity contribution is -0.160. The van der Waals surface area contributed by atoms with Crippen LogP contribution in [0.1, 0.15) is 47.0 Å². The first-order chi connectivity index (χ1) is 15.8. The Kier molecular flexibility index (Phi) is 6.44. The fourth-order valence-corrected chi connectivity index (χ4v) is 6.06. The summed E-state index contributed by atoms with van der Waals surface area (Å²) in [4.78, 5) is 44.5. The van der Waals surface area contributed by atoms with Crippen molar-refractivity contribution < 1.29 is 29.0 Å². The maximum Gasteiger partial charge on any atom is 0.313 e. The van der Waals surface area contributed by atoms with Crippen molar-refractivity contribution >= 4 is 17.8 Å². The van der Waals surface area contributed by atoms with Gasteiger partial charge < -0.3 is 24.4 Å². The molecular formula is C25H36N2O6. The summed E-state index contributed by atoms with van der Waals surface area (Å²) < 4.78 is 12.1. The van der Waals surface area contributed by atoms with Gasteiger partial charge in [-0.3, -0.25) is 14.4 Å². The number of hydrogen-bond donors (Lipinski definition) is 1. The van der Waals surface area contributed by atoms with Crippen LogP contribution in [0.25, 0.3) is 0 Å². The highest BCUT2D eigenvalue weighted by Crippen LogP contribution is 2.57. The molecule has 0 aromatic rings. The number of carbonyl (C=O) groups excluding carboxylic acids is 3. The number of cyclic esters (lactones) is 1. The number of hydrogen-bond acceptors (Lipinski definition) is 6. The van der Waals surface area contributed by atoms with Crippen LogP contribution in [0.15, 0.2) is 24.3 Å². The van der Waals surface area contributed by atoms with E-state index in [9.17, 15) is 19.5 Å². The van der Waals surface area contributed by atoms with Crippen LogP contribution in [0.3, 0.4) is 0 Å². The number of esters is 1. The lowest BCUT2D eigenvalue weighted by Gasteiger charge is -2.41. The van der Waals surface area contributed by atoms with E-state index in [-0.39, 0.29) is 30.9 Å². The third kappa shape index (κ3) is 3.53. The normalized spacial score (nSPS) is 37.2. The molecule has 2 fully saturated rings. The van der Waals surface area contributed by atoms with Gasteiger partial charge in [0.05, 0.1) is 24.2 Å². The van der Waals surface area contributed by atoms with Crippen LogP contribution >= 0.6 is 0 Å². The van der Waals surface area contributed by atoms with Crippen LogP contribution in [-0.4, -0.2) is 82.3 Å². The fraction of sp³-hybridized carbons (Fsp3) is 0.720. The molecule has 1 unspecified atom stereocenters. The molecule has 4 aliphatic rings. The highest BCUT2D eigenvalue weighted by Gasteiger charge is 2.75. The van der Waals surface area contributed by atoms with Gasteiger partial charge in [0.1, 0.15) is 24.2 Å². The zero-order valence-corrected chi connectivity index (χ0v) is 20.0. The van der Waals surface area contributed by atoms with Crippen LogP contribution < -0.4 is 0 Å². The van der Waals surface area contributed by atoms with E-state index in [0.29, 0.717) is 13.1 Å². The molecule has 0 aromatic heterocycles. The standard InChI is InChI=1S/C25H36N2O6/c1-5-7-12-26-13-8-11-25-18(19-23(31)32-14-9-10-24(19,4)33-25)21(29)27(20(25)22(26)30)17(15-28)16(3)6-2/h8-11,16-20,28H,5-7,12-15H2,1-4H3/t16-,17-,18-,19+,20?,24-,25-/m0/s1. The summed E-state index contributed by atoms with van der Waals surface area (Å²) >= 11 is 0. The molecule has 182 valence electrons. The number of ether oxygens (including phenoxy) is 2. The number of aliphatic hydroxyl groups excluding tert-OH is 1. The first-order valence-electron chi connectivity index (χ1n) is 12.2. The van der Waals surface area contributed by atoms with E-state index < -0.39 is 41.1 Å². The van der Waals surface area contributed by atoms with Crippen molar-refractivity contribution in [3.8, 4) is 0 Å². The second kappa shape index (κ2) is 8.87. The Balaban J connectivity index is 1.87. The molecule has 1 N–H and O–H groups in total. The van der Waals surface area contributed by atoms with Gasteiger partial charge in [0.2, 0.25) is 11.8 Å². The Morgan fingerprint density at radius 3 is 2.58 bits per heavy atom. The molecule has 8 heteroatoms. The molecule has 7 atom stereocenters. The van der Waals surface area contributed by atoms with Crippen LogP contribution in [0.5, 0.6) is 0 Å². The van der Waals surface area contributed by atoms with Crippen LogP contribution in [0, 0.1) is 17.8 Å². The number of unbranched alkanes of at least 4 members (excludes halogenated alkanes) is 1. The topological polar surface area (TPSA) is 96.4 Å². The lowest BCUT2D eigenvalue weighted by atomic mass is 9.75. The molecule has 0 saturated carbocycles. The van der Waals surface area contributed by atoms with Crippen molar-refractivity contribution in [1.29, 1.82) is 0 Å². The number of nitrogens with zero attached hydrogens (tertiary/aromatic N) is 2. The SMILES string of the molecule is CCCCN1CC=C[C@]23O[C@@]4(C)C=CCOC(=O)[C@H]4[C@H]2C(=O)N([C@@H](CO)[C@@H](C)CC)C3C1=O. The van der Waals surface area contributed by atoms with Gasteiger partial charge in [-0.15, -0.1) is 0 Å². The zero-order valence-electron chi connectivity index (χ0n) is 20.0. The van der Waals surface area contributed by atoms with E-state index in [1.54, 1.807) is 24.0 Å². The Bertz CT molecular complexity index is 871. The maximum absolute atomic E-state index is 14.1. The molecule has 0 radical (unpaired) electrons. The van der Waals surface area contributed by atoms with E-state index >= 15 is 0 Å². The predicted octanol–water partition coefficient (Wildman–Crippen LogP) is 1.68. The summed E-state index contributed by atoms with van der Waals surface area (Å²) in [7, 11) is 0. The average Bonchev–Trinajstić information content (AvgIpc) is 3.05. The molecule has 0 aliphatic carbocycles. The molecule has 8 nitrogen and oxygen atoms in total. The molecule has 1 spiro atoms. The van der Waals surface area contributed by atoms with Crippen molar-refractivity contribution in [2.75, 3.05) is 26.3 Å². The number of amides is 2. The summed E-state index contributed by atoms with van der Waals surface area (Å²) in [5.41, 5.74) is -2.36. The van der Waals surface area contributed by atoms with E-state index in [2.05, 4.69) is 6.92 Å². The maximum atomic E-state index is 14.1. The molecule has 4 rings (SSSR count). The number of aliphatic hydroxyl groups is 1. The summed E-state index contributed by atoms with van der Waals surface area (Å²) in [6.45, 7) is 8.68. The summed E-state index contributed by atoms with van der Waals surface area (Å²) in [6, 6.07) is -1.49. The minimum atomic E-state index is -1.30. The van der Waals surface area contributed by atoms with Gasteiger partial charge in [0, 0.05) is 13.1 Å². The van der Waals surface area contributed by atoms with Crippen LogP contribution in [-0.2, 0) is 23.9 Å². The van der Waals surface area contributed by atoms with Gasteiger partial charge in [0.15, 0.2) is 0 Å². The minimum Gasteiger partial charge on any atom is -0.461 e. The van der Waals surface area contributed by atoms with Gasteiger partial charge >= 0.3 is 5.97 Å². The monoisotopic (exact) mass is 460 g/mol. The summed E-state index contributed by atoms with van der Waals surface area (Å²) in [6.07, 6.45) is 9.76. The molecule has 33 heavy (non-hydrogen) atoms. The molecule has 2 saturated heterocycles. The molecule has 4 heterocycles. The van der Waals surface area contributed by atoms with Crippen molar-refractivity contribution in [3.05, 3.63) is 24.3 Å². The summed E-state index contributed by atoms with van der Waals surface area (Å²) in [5.74, 6) is -2.81. The Hall–Kier alpha value is -2.19.